The zero-order chi connectivity index (χ0) is 16.4. The minimum Gasteiger partial charge on any atom is -0.497 e. The Bertz CT molecular complexity index is 868. The lowest BCUT2D eigenvalue weighted by atomic mass is 10.1. The van der Waals surface area contributed by atoms with Crippen molar-refractivity contribution in [2.75, 3.05) is 19.5 Å². The second kappa shape index (κ2) is 6.04. The molecule has 2 aromatic carbocycles. The molecular formula is C18H18N2O3. The first kappa shape index (κ1) is 15.0. The quantitative estimate of drug-likeness (QED) is 0.771. The fourth-order valence-corrected chi connectivity index (χ4v) is 2.61. The number of hydrogen-bond donors (Lipinski definition) is 2. The average molecular weight is 310 g/mol. The SMILES string of the molecule is COc1ccc(OC)c(NC(=O)c2[nH]c3ccccc3c2C)c1. The number of hydrogen-bond acceptors (Lipinski definition) is 3. The predicted octanol–water partition coefficient (Wildman–Crippen LogP) is 3.75. The highest BCUT2D eigenvalue weighted by Gasteiger charge is 2.16. The summed E-state index contributed by atoms with van der Waals surface area (Å²) in [6, 6.07) is 13.1. The van der Waals surface area contributed by atoms with Crippen LogP contribution >= 0.6 is 0 Å². The molecule has 0 saturated heterocycles. The van der Waals surface area contributed by atoms with Gasteiger partial charge in [0.2, 0.25) is 0 Å². The molecule has 0 aliphatic rings. The van der Waals surface area contributed by atoms with Gasteiger partial charge in [0.1, 0.15) is 17.2 Å². The van der Waals surface area contributed by atoms with Gasteiger partial charge in [0, 0.05) is 17.0 Å². The molecule has 23 heavy (non-hydrogen) atoms. The Morgan fingerprint density at radius 1 is 1.09 bits per heavy atom. The summed E-state index contributed by atoms with van der Waals surface area (Å²) in [5, 5.41) is 3.92. The van der Waals surface area contributed by atoms with Crippen LogP contribution in [0, 0.1) is 6.92 Å². The molecule has 2 N–H and O–H groups in total. The number of aryl methyl sites for hydroxylation is 1. The van der Waals surface area contributed by atoms with Crippen LogP contribution in [0.3, 0.4) is 0 Å². The van der Waals surface area contributed by atoms with Crippen molar-refractivity contribution in [3.05, 3.63) is 53.7 Å². The van der Waals surface area contributed by atoms with E-state index in [0.29, 0.717) is 22.9 Å². The number of anilines is 1. The van der Waals surface area contributed by atoms with Gasteiger partial charge in [-0.25, -0.2) is 0 Å². The molecule has 5 nitrogen and oxygen atoms in total. The third-order valence-corrected chi connectivity index (χ3v) is 3.85. The number of ether oxygens (including phenoxy) is 2. The molecule has 1 heterocycles. The maximum Gasteiger partial charge on any atom is 0.272 e. The van der Waals surface area contributed by atoms with Gasteiger partial charge in [0.25, 0.3) is 5.91 Å². The van der Waals surface area contributed by atoms with E-state index in [4.69, 9.17) is 9.47 Å². The van der Waals surface area contributed by atoms with E-state index in [1.807, 2.05) is 31.2 Å². The Kier molecular flexibility index (Phi) is 3.93. The molecule has 1 amide bonds. The number of carbonyl (C=O) groups is 1. The number of methoxy groups -OCH3 is 2. The third-order valence-electron chi connectivity index (χ3n) is 3.85. The number of aromatic nitrogens is 1. The van der Waals surface area contributed by atoms with Crippen LogP contribution < -0.4 is 14.8 Å². The normalized spacial score (nSPS) is 10.6. The number of rotatable bonds is 4. The summed E-state index contributed by atoms with van der Waals surface area (Å²) < 4.78 is 10.5. The average Bonchev–Trinajstić information content (AvgIpc) is 2.92. The molecule has 3 aromatic rings. The number of para-hydroxylation sites is 1. The van der Waals surface area contributed by atoms with Gasteiger partial charge in [-0.1, -0.05) is 18.2 Å². The van der Waals surface area contributed by atoms with Gasteiger partial charge in [0.15, 0.2) is 0 Å². The van der Waals surface area contributed by atoms with Gasteiger partial charge in [-0.2, -0.15) is 0 Å². The Morgan fingerprint density at radius 3 is 2.57 bits per heavy atom. The molecule has 0 fully saturated rings. The minimum absolute atomic E-state index is 0.217. The monoisotopic (exact) mass is 310 g/mol. The molecule has 0 atom stereocenters. The zero-order valence-corrected chi connectivity index (χ0v) is 13.3. The van der Waals surface area contributed by atoms with Crippen molar-refractivity contribution >= 4 is 22.5 Å². The fraction of sp³-hybridized carbons (Fsp3) is 0.167. The first-order valence-electron chi connectivity index (χ1n) is 7.24. The summed E-state index contributed by atoms with van der Waals surface area (Å²) >= 11 is 0. The number of H-pyrrole nitrogens is 1. The van der Waals surface area contributed by atoms with Gasteiger partial charge < -0.3 is 19.8 Å². The third kappa shape index (κ3) is 2.73. The molecule has 0 unspecified atom stereocenters. The maximum atomic E-state index is 12.6. The Hall–Kier alpha value is -2.95. The van der Waals surface area contributed by atoms with Gasteiger partial charge in [-0.05, 0) is 30.7 Å². The molecular weight excluding hydrogens is 292 g/mol. The molecule has 0 saturated carbocycles. The molecule has 5 heteroatoms. The zero-order valence-electron chi connectivity index (χ0n) is 13.3. The van der Waals surface area contributed by atoms with E-state index < -0.39 is 0 Å². The van der Waals surface area contributed by atoms with E-state index >= 15 is 0 Å². The second-order valence-electron chi connectivity index (χ2n) is 5.19. The topological polar surface area (TPSA) is 63.4 Å². The number of nitrogens with one attached hydrogen (secondary N) is 2. The highest BCUT2D eigenvalue weighted by Crippen LogP contribution is 2.30. The summed E-state index contributed by atoms with van der Waals surface area (Å²) in [7, 11) is 3.14. The van der Waals surface area contributed by atoms with Gasteiger partial charge in [-0.3, -0.25) is 4.79 Å². The van der Waals surface area contributed by atoms with E-state index in [9.17, 15) is 4.79 Å². The molecule has 0 radical (unpaired) electrons. The fourth-order valence-electron chi connectivity index (χ4n) is 2.61. The van der Waals surface area contributed by atoms with E-state index in [1.165, 1.54) is 0 Å². The van der Waals surface area contributed by atoms with E-state index in [1.54, 1.807) is 32.4 Å². The summed E-state index contributed by atoms with van der Waals surface area (Å²) in [4.78, 5) is 15.8. The number of aromatic amines is 1. The number of fused-ring (bicyclic) bond motifs is 1. The lowest BCUT2D eigenvalue weighted by molar-refractivity contribution is 0.102. The lowest BCUT2D eigenvalue weighted by Crippen LogP contribution is -2.14. The van der Waals surface area contributed by atoms with Crippen molar-refractivity contribution in [1.82, 2.24) is 4.98 Å². The largest absolute Gasteiger partial charge is 0.497 e. The molecule has 0 bridgehead atoms. The van der Waals surface area contributed by atoms with Crippen molar-refractivity contribution in [2.24, 2.45) is 0 Å². The summed E-state index contributed by atoms with van der Waals surface area (Å²) in [5.74, 6) is 1.01. The van der Waals surface area contributed by atoms with Crippen molar-refractivity contribution in [2.45, 2.75) is 6.92 Å². The summed E-state index contributed by atoms with van der Waals surface area (Å²) in [5.41, 5.74) is 2.96. The first-order chi connectivity index (χ1) is 11.1. The molecule has 0 spiro atoms. The summed E-state index contributed by atoms with van der Waals surface area (Å²) in [6.45, 7) is 1.93. The van der Waals surface area contributed by atoms with Crippen molar-refractivity contribution in [3.63, 3.8) is 0 Å². The number of amides is 1. The molecule has 1 aromatic heterocycles. The van der Waals surface area contributed by atoms with E-state index in [-0.39, 0.29) is 5.91 Å². The van der Waals surface area contributed by atoms with Crippen LogP contribution in [-0.2, 0) is 0 Å². The van der Waals surface area contributed by atoms with Crippen LogP contribution in [-0.4, -0.2) is 25.1 Å². The van der Waals surface area contributed by atoms with Crippen LogP contribution in [0.2, 0.25) is 0 Å². The first-order valence-corrected chi connectivity index (χ1v) is 7.24. The van der Waals surface area contributed by atoms with Crippen molar-refractivity contribution in [1.29, 1.82) is 0 Å². The number of benzene rings is 2. The van der Waals surface area contributed by atoms with Gasteiger partial charge in [0.05, 0.1) is 19.9 Å². The van der Waals surface area contributed by atoms with Crippen LogP contribution in [0.1, 0.15) is 16.1 Å². The summed E-state index contributed by atoms with van der Waals surface area (Å²) in [6.07, 6.45) is 0. The highest BCUT2D eigenvalue weighted by molar-refractivity contribution is 6.08. The lowest BCUT2D eigenvalue weighted by Gasteiger charge is -2.11. The van der Waals surface area contributed by atoms with Crippen molar-refractivity contribution < 1.29 is 14.3 Å². The van der Waals surface area contributed by atoms with E-state index in [2.05, 4.69) is 10.3 Å². The molecule has 3 rings (SSSR count). The Morgan fingerprint density at radius 2 is 1.87 bits per heavy atom. The van der Waals surface area contributed by atoms with Gasteiger partial charge >= 0.3 is 0 Å². The minimum atomic E-state index is -0.217. The van der Waals surface area contributed by atoms with Crippen LogP contribution in [0.5, 0.6) is 11.5 Å². The molecule has 0 aliphatic heterocycles. The van der Waals surface area contributed by atoms with E-state index in [0.717, 1.165) is 16.5 Å². The van der Waals surface area contributed by atoms with Gasteiger partial charge in [-0.15, -0.1) is 0 Å². The smallest absolute Gasteiger partial charge is 0.272 e. The van der Waals surface area contributed by atoms with Crippen LogP contribution in [0.4, 0.5) is 5.69 Å². The molecule has 118 valence electrons. The van der Waals surface area contributed by atoms with Crippen LogP contribution in [0.25, 0.3) is 10.9 Å². The standard InChI is InChI=1S/C18H18N2O3/c1-11-13-6-4-5-7-14(13)19-17(11)18(21)20-15-10-12(22-2)8-9-16(15)23-3/h4-10,19H,1-3H3,(H,20,21). The Balaban J connectivity index is 1.96. The van der Waals surface area contributed by atoms with Crippen LogP contribution in [0.15, 0.2) is 42.5 Å². The maximum absolute atomic E-state index is 12.6. The number of carbonyl (C=O) groups excluding carboxylic acids is 1. The molecule has 0 aliphatic carbocycles. The van der Waals surface area contributed by atoms with Crippen molar-refractivity contribution in [3.8, 4) is 11.5 Å². The Labute approximate surface area is 134 Å². The highest BCUT2D eigenvalue weighted by atomic mass is 16.5. The predicted molar refractivity (Wildman–Crippen MR) is 90.5 cm³/mol. The second-order valence-corrected chi connectivity index (χ2v) is 5.19.